The Bertz CT molecular complexity index is 526. The number of nitrogens with one attached hydrogen (secondary N) is 1. The van der Waals surface area contributed by atoms with Crippen molar-refractivity contribution in [1.29, 1.82) is 0 Å². The molecule has 1 aromatic rings. The van der Waals surface area contributed by atoms with Gasteiger partial charge in [-0.3, -0.25) is 4.79 Å². The number of nitrogens with two attached hydrogens (primary N) is 1. The predicted octanol–water partition coefficient (Wildman–Crippen LogP) is 2.02. The number of nitrogens with zero attached hydrogens (tertiary/aromatic N) is 1. The Morgan fingerprint density at radius 3 is 2.86 bits per heavy atom. The summed E-state index contributed by atoms with van der Waals surface area (Å²) in [5, 5.41) is 2.94. The molecule has 1 aliphatic heterocycles. The molecule has 0 aliphatic carbocycles. The zero-order valence-corrected chi connectivity index (χ0v) is 13.3. The van der Waals surface area contributed by atoms with Gasteiger partial charge in [-0.2, -0.15) is 0 Å². The minimum atomic E-state index is -0.348. The molecular weight excluding hydrogens is 266 g/mol. The molecule has 0 saturated carbocycles. The van der Waals surface area contributed by atoms with Crippen molar-refractivity contribution < 1.29 is 9.53 Å². The highest BCUT2D eigenvalue weighted by Gasteiger charge is 2.33. The van der Waals surface area contributed by atoms with Crippen LogP contribution in [0.25, 0.3) is 0 Å². The predicted molar refractivity (Wildman–Crippen MR) is 85.6 cm³/mol. The summed E-state index contributed by atoms with van der Waals surface area (Å²) in [6, 6.07) is 5.59. The van der Waals surface area contributed by atoms with Gasteiger partial charge in [-0.15, -0.1) is 0 Å². The number of anilines is 2. The smallest absolute Gasteiger partial charge is 0.239 e. The fraction of sp³-hybridized carbons (Fsp3) is 0.562. The third-order valence-electron chi connectivity index (χ3n) is 3.35. The standard InChI is InChI=1S/C16H25N3O2/c1-11(2)8-18-14(20)9-19-10-16(3,4)21-13-7-5-6-12(17)15(13)19/h5-7,11H,8-10,17H2,1-4H3,(H,18,20). The second-order valence-corrected chi connectivity index (χ2v) is 6.61. The van der Waals surface area contributed by atoms with Gasteiger partial charge in [-0.25, -0.2) is 0 Å². The number of benzene rings is 1. The van der Waals surface area contributed by atoms with Crippen LogP contribution in [0.4, 0.5) is 11.4 Å². The van der Waals surface area contributed by atoms with Gasteiger partial charge in [0.2, 0.25) is 5.91 Å². The molecule has 0 fully saturated rings. The first-order valence-electron chi connectivity index (χ1n) is 7.37. The van der Waals surface area contributed by atoms with E-state index < -0.39 is 0 Å². The van der Waals surface area contributed by atoms with Crippen LogP contribution in [0.2, 0.25) is 0 Å². The van der Waals surface area contributed by atoms with E-state index in [-0.39, 0.29) is 11.5 Å². The highest BCUT2D eigenvalue weighted by Crippen LogP contribution is 2.40. The van der Waals surface area contributed by atoms with Gasteiger partial charge in [0.1, 0.15) is 17.0 Å². The zero-order valence-electron chi connectivity index (χ0n) is 13.3. The second kappa shape index (κ2) is 5.84. The van der Waals surface area contributed by atoms with Gasteiger partial charge in [-0.05, 0) is 31.9 Å². The summed E-state index contributed by atoms with van der Waals surface area (Å²) in [4.78, 5) is 14.1. The first-order valence-corrected chi connectivity index (χ1v) is 7.37. The van der Waals surface area contributed by atoms with Crippen molar-refractivity contribution in [3.63, 3.8) is 0 Å². The Labute approximate surface area is 126 Å². The lowest BCUT2D eigenvalue weighted by atomic mass is 10.0. The van der Waals surface area contributed by atoms with Crippen LogP contribution >= 0.6 is 0 Å². The summed E-state index contributed by atoms with van der Waals surface area (Å²) in [6.45, 7) is 9.78. The summed E-state index contributed by atoms with van der Waals surface area (Å²) >= 11 is 0. The van der Waals surface area contributed by atoms with E-state index in [0.29, 0.717) is 31.2 Å². The number of carbonyl (C=O) groups excluding carboxylic acids is 1. The Balaban J connectivity index is 2.18. The van der Waals surface area contributed by atoms with Gasteiger partial charge < -0.3 is 20.7 Å². The van der Waals surface area contributed by atoms with Crippen molar-refractivity contribution in [2.45, 2.75) is 33.3 Å². The van der Waals surface area contributed by atoms with E-state index in [1.807, 2.05) is 36.9 Å². The Morgan fingerprint density at radius 2 is 2.19 bits per heavy atom. The molecule has 0 unspecified atom stereocenters. The average Bonchev–Trinajstić information content (AvgIpc) is 2.34. The number of rotatable bonds is 4. The first-order chi connectivity index (χ1) is 9.78. The number of hydrogen-bond donors (Lipinski definition) is 2. The molecule has 5 heteroatoms. The van der Waals surface area contributed by atoms with Gasteiger partial charge >= 0.3 is 0 Å². The van der Waals surface area contributed by atoms with Crippen LogP contribution in [0.3, 0.4) is 0 Å². The Kier molecular flexibility index (Phi) is 4.30. The van der Waals surface area contributed by atoms with Gasteiger partial charge in [0.05, 0.1) is 18.8 Å². The lowest BCUT2D eigenvalue weighted by Crippen LogP contribution is -2.50. The molecule has 0 spiro atoms. The average molecular weight is 291 g/mol. The highest BCUT2D eigenvalue weighted by atomic mass is 16.5. The van der Waals surface area contributed by atoms with Gasteiger partial charge in [0.25, 0.3) is 0 Å². The van der Waals surface area contributed by atoms with Crippen LogP contribution in [0, 0.1) is 5.92 Å². The van der Waals surface area contributed by atoms with Gasteiger partial charge in [0, 0.05) is 6.54 Å². The maximum Gasteiger partial charge on any atom is 0.239 e. The molecule has 21 heavy (non-hydrogen) atoms. The number of ether oxygens (including phenoxy) is 1. The lowest BCUT2D eigenvalue weighted by molar-refractivity contribution is -0.120. The molecule has 1 heterocycles. The van der Waals surface area contributed by atoms with Crippen molar-refractivity contribution in [2.75, 3.05) is 30.3 Å². The van der Waals surface area contributed by atoms with E-state index in [1.54, 1.807) is 0 Å². The minimum Gasteiger partial charge on any atom is -0.484 e. The van der Waals surface area contributed by atoms with Crippen molar-refractivity contribution in [1.82, 2.24) is 5.32 Å². The number of para-hydroxylation sites is 1. The maximum atomic E-state index is 12.1. The minimum absolute atomic E-state index is 0.00982. The van der Waals surface area contributed by atoms with Crippen molar-refractivity contribution >= 4 is 17.3 Å². The summed E-state index contributed by atoms with van der Waals surface area (Å²) in [6.07, 6.45) is 0. The molecule has 0 radical (unpaired) electrons. The Hall–Kier alpha value is -1.91. The van der Waals surface area contributed by atoms with E-state index in [1.165, 1.54) is 0 Å². The molecule has 1 aliphatic rings. The molecule has 0 aromatic heterocycles. The summed E-state index contributed by atoms with van der Waals surface area (Å²) < 4.78 is 5.96. The molecule has 2 rings (SSSR count). The number of fused-ring (bicyclic) bond motifs is 1. The molecule has 116 valence electrons. The summed E-state index contributed by atoms with van der Waals surface area (Å²) in [7, 11) is 0. The number of amides is 1. The first kappa shape index (κ1) is 15.5. The van der Waals surface area contributed by atoms with E-state index in [2.05, 4.69) is 19.2 Å². The maximum absolute atomic E-state index is 12.1. The molecule has 5 nitrogen and oxygen atoms in total. The number of hydrogen-bond acceptors (Lipinski definition) is 4. The summed E-state index contributed by atoms with van der Waals surface area (Å²) in [5.41, 5.74) is 7.17. The third kappa shape index (κ3) is 3.80. The lowest BCUT2D eigenvalue weighted by Gasteiger charge is -2.41. The number of nitrogen functional groups attached to an aromatic ring is 1. The van der Waals surface area contributed by atoms with Gasteiger partial charge in [0.15, 0.2) is 0 Å². The molecule has 1 aromatic carbocycles. The molecule has 0 atom stereocenters. The third-order valence-corrected chi connectivity index (χ3v) is 3.35. The molecule has 1 amide bonds. The topological polar surface area (TPSA) is 67.6 Å². The van der Waals surface area contributed by atoms with E-state index in [9.17, 15) is 4.79 Å². The van der Waals surface area contributed by atoms with Crippen LogP contribution in [-0.2, 0) is 4.79 Å². The SMILES string of the molecule is CC(C)CNC(=O)CN1CC(C)(C)Oc2cccc(N)c21. The van der Waals surface area contributed by atoms with E-state index in [0.717, 1.165) is 11.4 Å². The van der Waals surface area contributed by atoms with Crippen molar-refractivity contribution in [3.05, 3.63) is 18.2 Å². The quantitative estimate of drug-likeness (QED) is 0.833. The molecule has 3 N–H and O–H groups in total. The molecular formula is C16H25N3O2. The van der Waals surface area contributed by atoms with Gasteiger partial charge in [-0.1, -0.05) is 19.9 Å². The largest absolute Gasteiger partial charge is 0.484 e. The number of carbonyl (C=O) groups is 1. The fourth-order valence-corrected chi connectivity index (χ4v) is 2.51. The van der Waals surface area contributed by atoms with Crippen LogP contribution in [0.5, 0.6) is 5.75 Å². The van der Waals surface area contributed by atoms with Crippen molar-refractivity contribution in [3.8, 4) is 5.75 Å². The van der Waals surface area contributed by atoms with Crippen molar-refractivity contribution in [2.24, 2.45) is 5.92 Å². The van der Waals surface area contributed by atoms with E-state index >= 15 is 0 Å². The fourth-order valence-electron chi connectivity index (χ4n) is 2.51. The van der Waals surface area contributed by atoms with Crippen LogP contribution in [-0.4, -0.2) is 31.1 Å². The van der Waals surface area contributed by atoms with Crippen LogP contribution in [0.1, 0.15) is 27.7 Å². The summed E-state index contributed by atoms with van der Waals surface area (Å²) in [5.74, 6) is 1.19. The van der Waals surface area contributed by atoms with E-state index in [4.69, 9.17) is 10.5 Å². The Morgan fingerprint density at radius 1 is 1.48 bits per heavy atom. The second-order valence-electron chi connectivity index (χ2n) is 6.61. The molecule has 0 bridgehead atoms. The van der Waals surface area contributed by atoms with Crippen LogP contribution in [0.15, 0.2) is 18.2 Å². The monoisotopic (exact) mass is 291 g/mol. The molecule has 0 saturated heterocycles. The normalized spacial score (nSPS) is 16.3. The highest BCUT2D eigenvalue weighted by molar-refractivity contribution is 5.85. The van der Waals surface area contributed by atoms with Crippen LogP contribution < -0.4 is 20.7 Å². The zero-order chi connectivity index (χ0) is 15.6.